The first-order valence-electron chi connectivity index (χ1n) is 11.3. The van der Waals surface area contributed by atoms with E-state index in [0.717, 1.165) is 62.8 Å². The molecule has 33 heavy (non-hydrogen) atoms. The number of benzene rings is 1. The van der Waals surface area contributed by atoms with E-state index in [-0.39, 0.29) is 17.9 Å². The van der Waals surface area contributed by atoms with Crippen LogP contribution in [0.5, 0.6) is 0 Å². The lowest BCUT2D eigenvalue weighted by Gasteiger charge is -2.29. The van der Waals surface area contributed by atoms with Crippen LogP contribution in [0.2, 0.25) is 0 Å². The molecule has 2 aromatic heterocycles. The third-order valence-corrected chi connectivity index (χ3v) is 6.57. The quantitative estimate of drug-likeness (QED) is 0.525. The van der Waals surface area contributed by atoms with E-state index in [1.807, 2.05) is 30.3 Å². The number of hydrogen-bond donors (Lipinski definition) is 1. The number of pyridine rings is 1. The molecular formula is C25H27FN4O2S. The topological polar surface area (TPSA) is 53.8 Å². The monoisotopic (exact) mass is 466 g/mol. The van der Waals surface area contributed by atoms with Crippen molar-refractivity contribution in [3.8, 4) is 11.3 Å². The van der Waals surface area contributed by atoms with E-state index in [2.05, 4.69) is 20.1 Å². The van der Waals surface area contributed by atoms with Crippen molar-refractivity contribution in [2.24, 2.45) is 0 Å². The molecule has 4 heterocycles. The summed E-state index contributed by atoms with van der Waals surface area (Å²) in [6, 6.07) is 15.9. The molecule has 2 fully saturated rings. The number of ether oxygens (including phenoxy) is 1. The molecule has 2 atom stereocenters. The maximum absolute atomic E-state index is 13.4. The summed E-state index contributed by atoms with van der Waals surface area (Å²) in [5.41, 5.74) is 1.75. The maximum atomic E-state index is 13.4. The minimum Gasteiger partial charge on any atom is -0.459 e. The molecule has 172 valence electrons. The zero-order valence-electron chi connectivity index (χ0n) is 18.3. The number of rotatable bonds is 7. The van der Waals surface area contributed by atoms with Crippen molar-refractivity contribution in [1.82, 2.24) is 20.1 Å². The average Bonchev–Trinajstić information content (AvgIpc) is 3.46. The molecule has 6 nitrogen and oxygen atoms in total. The van der Waals surface area contributed by atoms with Gasteiger partial charge in [-0.05, 0) is 67.2 Å². The number of nitrogens with zero attached hydrogens (tertiary/aromatic N) is 3. The second-order valence-electron chi connectivity index (χ2n) is 8.34. The van der Waals surface area contributed by atoms with Crippen molar-refractivity contribution in [2.45, 2.75) is 18.5 Å². The van der Waals surface area contributed by atoms with Crippen LogP contribution in [-0.2, 0) is 4.74 Å². The van der Waals surface area contributed by atoms with E-state index >= 15 is 0 Å². The van der Waals surface area contributed by atoms with E-state index in [4.69, 9.17) is 21.4 Å². The van der Waals surface area contributed by atoms with Gasteiger partial charge in [0.15, 0.2) is 5.11 Å². The van der Waals surface area contributed by atoms with Crippen LogP contribution in [0.3, 0.4) is 0 Å². The highest BCUT2D eigenvalue weighted by Gasteiger charge is 2.41. The van der Waals surface area contributed by atoms with Gasteiger partial charge in [-0.15, -0.1) is 0 Å². The SMILES string of the molecule is Fc1ccc(-c2ccc([C@@H]3[C@H](c4ccccn4)NC(=S)N3CCCN3CCOCC3)o2)cc1. The Morgan fingerprint density at radius 3 is 2.61 bits per heavy atom. The molecule has 0 bridgehead atoms. The molecule has 0 aliphatic carbocycles. The fourth-order valence-corrected chi connectivity index (χ4v) is 4.86. The predicted molar refractivity (Wildman–Crippen MR) is 128 cm³/mol. The number of furan rings is 1. The van der Waals surface area contributed by atoms with Crippen LogP contribution in [0, 0.1) is 5.82 Å². The minimum atomic E-state index is -0.266. The molecule has 0 spiro atoms. The molecule has 2 aliphatic heterocycles. The first kappa shape index (κ1) is 22.0. The molecule has 5 rings (SSSR count). The van der Waals surface area contributed by atoms with Gasteiger partial charge in [0.25, 0.3) is 0 Å². The van der Waals surface area contributed by atoms with E-state index in [1.165, 1.54) is 12.1 Å². The van der Waals surface area contributed by atoms with Gasteiger partial charge in [-0.25, -0.2) is 4.39 Å². The van der Waals surface area contributed by atoms with Crippen molar-refractivity contribution in [3.63, 3.8) is 0 Å². The molecule has 3 aromatic rings. The van der Waals surface area contributed by atoms with E-state index in [9.17, 15) is 4.39 Å². The number of hydrogen-bond acceptors (Lipinski definition) is 5. The van der Waals surface area contributed by atoms with E-state index in [1.54, 1.807) is 18.3 Å². The van der Waals surface area contributed by atoms with Crippen LogP contribution in [0.4, 0.5) is 4.39 Å². The van der Waals surface area contributed by atoms with Gasteiger partial charge in [-0.1, -0.05) is 6.07 Å². The zero-order chi connectivity index (χ0) is 22.6. The van der Waals surface area contributed by atoms with Crippen molar-refractivity contribution < 1.29 is 13.5 Å². The van der Waals surface area contributed by atoms with E-state index in [0.29, 0.717) is 10.9 Å². The third kappa shape index (κ3) is 4.93. The van der Waals surface area contributed by atoms with Gasteiger partial charge in [0.2, 0.25) is 0 Å². The second kappa shape index (κ2) is 9.99. The molecule has 0 radical (unpaired) electrons. The zero-order valence-corrected chi connectivity index (χ0v) is 19.1. The lowest BCUT2D eigenvalue weighted by molar-refractivity contribution is 0.0365. The molecule has 1 aromatic carbocycles. The Labute approximate surface area is 198 Å². The highest BCUT2D eigenvalue weighted by Crippen LogP contribution is 2.40. The average molecular weight is 467 g/mol. The summed E-state index contributed by atoms with van der Waals surface area (Å²) in [6.07, 6.45) is 2.78. The lowest BCUT2D eigenvalue weighted by Crippen LogP contribution is -2.38. The predicted octanol–water partition coefficient (Wildman–Crippen LogP) is 4.18. The summed E-state index contributed by atoms with van der Waals surface area (Å²) >= 11 is 5.75. The van der Waals surface area contributed by atoms with Crippen LogP contribution in [-0.4, -0.2) is 59.3 Å². The molecule has 2 aliphatic rings. The first-order chi connectivity index (χ1) is 16.2. The Hall–Kier alpha value is -2.81. The second-order valence-corrected chi connectivity index (χ2v) is 8.72. The fourth-order valence-electron chi connectivity index (χ4n) is 4.53. The van der Waals surface area contributed by atoms with Gasteiger partial charge in [-0.3, -0.25) is 9.88 Å². The first-order valence-corrected chi connectivity index (χ1v) is 11.7. The molecule has 1 N–H and O–H groups in total. The number of thiocarbonyl (C=S) groups is 1. The summed E-state index contributed by atoms with van der Waals surface area (Å²) in [5.74, 6) is 1.25. The summed E-state index contributed by atoms with van der Waals surface area (Å²) < 4.78 is 25.1. The molecule has 8 heteroatoms. The normalized spacial score (nSPS) is 21.4. The number of nitrogens with one attached hydrogen (secondary N) is 1. The van der Waals surface area contributed by atoms with Gasteiger partial charge in [0, 0.05) is 37.9 Å². The Kier molecular flexibility index (Phi) is 6.66. The van der Waals surface area contributed by atoms with Gasteiger partial charge >= 0.3 is 0 Å². The lowest BCUT2D eigenvalue weighted by atomic mass is 10.0. The van der Waals surface area contributed by atoms with Gasteiger partial charge in [0.1, 0.15) is 23.4 Å². The van der Waals surface area contributed by atoms with Crippen LogP contribution >= 0.6 is 12.2 Å². The summed E-state index contributed by atoms with van der Waals surface area (Å²) in [7, 11) is 0. The largest absolute Gasteiger partial charge is 0.459 e. The fraction of sp³-hybridized carbons (Fsp3) is 0.360. The minimum absolute atomic E-state index is 0.116. The Bertz CT molecular complexity index is 1070. The van der Waals surface area contributed by atoms with Gasteiger partial charge < -0.3 is 19.4 Å². The van der Waals surface area contributed by atoms with Crippen molar-refractivity contribution in [3.05, 3.63) is 78.1 Å². The van der Waals surface area contributed by atoms with Crippen LogP contribution < -0.4 is 5.32 Å². The highest BCUT2D eigenvalue weighted by molar-refractivity contribution is 7.80. The summed E-state index contributed by atoms with van der Waals surface area (Å²) in [5, 5.41) is 4.17. The molecule has 0 unspecified atom stereocenters. The number of halogens is 1. The van der Waals surface area contributed by atoms with Gasteiger partial charge in [0.05, 0.1) is 24.9 Å². The number of morpholine rings is 1. The van der Waals surface area contributed by atoms with Gasteiger partial charge in [-0.2, -0.15) is 0 Å². The molecule has 0 saturated carbocycles. The number of aromatic nitrogens is 1. The molecule has 2 saturated heterocycles. The molecule has 0 amide bonds. The summed E-state index contributed by atoms with van der Waals surface area (Å²) in [4.78, 5) is 9.22. The standard InChI is InChI=1S/C25H27FN4O2S/c26-19-7-5-18(6-8-19)21-9-10-22(32-21)24-23(20-4-1-2-11-27-20)28-25(33)30(24)13-3-12-29-14-16-31-17-15-29/h1-2,4-11,23-24H,3,12-17H2,(H,28,33)/t23-,24+/m0/s1. The molecular weight excluding hydrogens is 439 g/mol. The summed E-state index contributed by atoms with van der Waals surface area (Å²) in [6.45, 7) is 5.36. The maximum Gasteiger partial charge on any atom is 0.170 e. The van der Waals surface area contributed by atoms with Crippen LogP contribution in [0.15, 0.2) is 65.2 Å². The van der Waals surface area contributed by atoms with E-state index < -0.39 is 0 Å². The van der Waals surface area contributed by atoms with Crippen molar-refractivity contribution >= 4 is 17.3 Å². The van der Waals surface area contributed by atoms with Crippen LogP contribution in [0.25, 0.3) is 11.3 Å². The Morgan fingerprint density at radius 1 is 1.03 bits per heavy atom. The van der Waals surface area contributed by atoms with Crippen molar-refractivity contribution in [1.29, 1.82) is 0 Å². The highest BCUT2D eigenvalue weighted by atomic mass is 32.1. The van der Waals surface area contributed by atoms with Crippen LogP contribution in [0.1, 0.15) is 30.0 Å². The smallest absolute Gasteiger partial charge is 0.170 e. The Morgan fingerprint density at radius 2 is 1.85 bits per heavy atom. The Balaban J connectivity index is 1.39. The third-order valence-electron chi connectivity index (χ3n) is 6.22. The van der Waals surface area contributed by atoms with Crippen molar-refractivity contribution in [2.75, 3.05) is 39.4 Å².